The van der Waals surface area contributed by atoms with Crippen LogP contribution in [0.5, 0.6) is 5.75 Å². The van der Waals surface area contributed by atoms with Crippen molar-refractivity contribution in [3.63, 3.8) is 0 Å². The number of rotatable bonds is 5. The predicted molar refractivity (Wildman–Crippen MR) is 78.1 cm³/mol. The van der Waals surface area contributed by atoms with E-state index in [1.165, 1.54) is 5.56 Å². The minimum absolute atomic E-state index is 0.229. The Morgan fingerprint density at radius 2 is 1.61 bits per heavy atom. The first-order chi connectivity index (χ1) is 8.28. The molecule has 0 aliphatic carbocycles. The van der Waals surface area contributed by atoms with Gasteiger partial charge in [0.25, 0.3) is 0 Å². The Hall–Kier alpha value is -1.02. The maximum Gasteiger partial charge on any atom is 0.119 e. The van der Waals surface area contributed by atoms with Crippen LogP contribution < -0.4 is 10.1 Å². The highest BCUT2D eigenvalue weighted by atomic mass is 16.5. The summed E-state index contributed by atoms with van der Waals surface area (Å²) >= 11 is 0. The van der Waals surface area contributed by atoms with Gasteiger partial charge in [0.15, 0.2) is 0 Å². The lowest BCUT2D eigenvalue weighted by molar-refractivity contribution is 0.242. The van der Waals surface area contributed by atoms with Crippen LogP contribution >= 0.6 is 0 Å². The third kappa shape index (κ3) is 5.54. The van der Waals surface area contributed by atoms with Crippen LogP contribution in [0.4, 0.5) is 0 Å². The number of ether oxygens (including phenoxy) is 1. The summed E-state index contributed by atoms with van der Waals surface area (Å²) < 4.78 is 5.64. The number of nitrogens with one attached hydrogen (secondary N) is 1. The van der Waals surface area contributed by atoms with E-state index in [2.05, 4.69) is 45.1 Å². The van der Waals surface area contributed by atoms with Gasteiger partial charge in [0.2, 0.25) is 0 Å². The molecule has 1 aromatic rings. The SMILES string of the molecule is CC(C)Oc1ccc(C(C)NCC(C)(C)C)cc1. The van der Waals surface area contributed by atoms with E-state index < -0.39 is 0 Å². The molecular formula is C16H27NO. The summed E-state index contributed by atoms with van der Waals surface area (Å²) in [5.74, 6) is 0.941. The fourth-order valence-corrected chi connectivity index (χ4v) is 1.68. The molecule has 0 bridgehead atoms. The Morgan fingerprint density at radius 1 is 1.06 bits per heavy atom. The highest BCUT2D eigenvalue weighted by Crippen LogP contribution is 2.20. The van der Waals surface area contributed by atoms with Gasteiger partial charge in [-0.25, -0.2) is 0 Å². The molecule has 1 unspecified atom stereocenters. The fraction of sp³-hybridized carbons (Fsp3) is 0.625. The first-order valence-electron chi connectivity index (χ1n) is 6.78. The van der Waals surface area contributed by atoms with Crippen LogP contribution in [0.3, 0.4) is 0 Å². The molecule has 1 N–H and O–H groups in total. The predicted octanol–water partition coefficient (Wildman–Crippen LogP) is 4.17. The molecule has 1 atom stereocenters. The minimum atomic E-state index is 0.229. The van der Waals surface area contributed by atoms with E-state index in [4.69, 9.17) is 4.74 Å². The van der Waals surface area contributed by atoms with Crippen molar-refractivity contribution in [3.8, 4) is 5.75 Å². The second-order valence-electron chi connectivity index (χ2n) is 6.40. The lowest BCUT2D eigenvalue weighted by atomic mass is 9.96. The van der Waals surface area contributed by atoms with Crippen LogP contribution in [0.25, 0.3) is 0 Å². The van der Waals surface area contributed by atoms with E-state index in [9.17, 15) is 0 Å². The molecule has 0 aliphatic rings. The fourth-order valence-electron chi connectivity index (χ4n) is 1.68. The highest BCUT2D eigenvalue weighted by Gasteiger charge is 2.12. The lowest BCUT2D eigenvalue weighted by Gasteiger charge is -2.23. The lowest BCUT2D eigenvalue weighted by Crippen LogP contribution is -2.29. The largest absolute Gasteiger partial charge is 0.491 e. The maximum absolute atomic E-state index is 5.64. The van der Waals surface area contributed by atoms with Gasteiger partial charge in [0.1, 0.15) is 5.75 Å². The molecule has 102 valence electrons. The Bertz CT molecular complexity index is 348. The van der Waals surface area contributed by atoms with Gasteiger partial charge in [-0.05, 0) is 43.9 Å². The molecule has 1 rings (SSSR count). The molecule has 2 nitrogen and oxygen atoms in total. The third-order valence-electron chi connectivity index (χ3n) is 2.69. The quantitative estimate of drug-likeness (QED) is 0.845. The number of benzene rings is 1. The van der Waals surface area contributed by atoms with E-state index in [-0.39, 0.29) is 6.10 Å². The smallest absolute Gasteiger partial charge is 0.119 e. The zero-order valence-corrected chi connectivity index (χ0v) is 12.6. The van der Waals surface area contributed by atoms with Gasteiger partial charge >= 0.3 is 0 Å². The molecule has 0 aliphatic heterocycles. The van der Waals surface area contributed by atoms with E-state index >= 15 is 0 Å². The first kappa shape index (κ1) is 15.0. The minimum Gasteiger partial charge on any atom is -0.491 e. The van der Waals surface area contributed by atoms with Gasteiger partial charge in [-0.1, -0.05) is 32.9 Å². The molecular weight excluding hydrogens is 222 g/mol. The molecule has 0 fully saturated rings. The van der Waals surface area contributed by atoms with Crippen LogP contribution in [0.15, 0.2) is 24.3 Å². The Labute approximate surface area is 112 Å². The van der Waals surface area contributed by atoms with Crippen molar-refractivity contribution in [2.75, 3.05) is 6.54 Å². The van der Waals surface area contributed by atoms with Crippen molar-refractivity contribution in [2.24, 2.45) is 5.41 Å². The first-order valence-corrected chi connectivity index (χ1v) is 6.78. The molecule has 2 heteroatoms. The zero-order valence-electron chi connectivity index (χ0n) is 12.6. The van der Waals surface area contributed by atoms with Gasteiger partial charge in [-0.2, -0.15) is 0 Å². The monoisotopic (exact) mass is 249 g/mol. The van der Waals surface area contributed by atoms with Crippen molar-refractivity contribution in [2.45, 2.75) is 53.7 Å². The molecule has 0 aromatic heterocycles. The van der Waals surface area contributed by atoms with E-state index in [0.717, 1.165) is 12.3 Å². The average Bonchev–Trinajstić information content (AvgIpc) is 2.25. The summed E-state index contributed by atoms with van der Waals surface area (Å²) in [5, 5.41) is 3.56. The highest BCUT2D eigenvalue weighted by molar-refractivity contribution is 5.29. The van der Waals surface area contributed by atoms with E-state index in [1.807, 2.05) is 26.0 Å². The van der Waals surface area contributed by atoms with Gasteiger partial charge < -0.3 is 10.1 Å². The molecule has 0 amide bonds. The molecule has 0 heterocycles. The van der Waals surface area contributed by atoms with Crippen LogP contribution in [0.1, 0.15) is 53.1 Å². The maximum atomic E-state index is 5.64. The molecule has 0 saturated carbocycles. The Balaban J connectivity index is 2.56. The van der Waals surface area contributed by atoms with Crippen molar-refractivity contribution in [1.29, 1.82) is 0 Å². The summed E-state index contributed by atoms with van der Waals surface area (Å²) in [4.78, 5) is 0. The third-order valence-corrected chi connectivity index (χ3v) is 2.69. The van der Waals surface area contributed by atoms with Crippen molar-refractivity contribution < 1.29 is 4.74 Å². The molecule has 0 radical (unpaired) electrons. The van der Waals surface area contributed by atoms with Gasteiger partial charge in [-0.15, -0.1) is 0 Å². The number of hydrogen-bond acceptors (Lipinski definition) is 2. The van der Waals surface area contributed by atoms with E-state index in [0.29, 0.717) is 11.5 Å². The van der Waals surface area contributed by atoms with E-state index in [1.54, 1.807) is 0 Å². The second-order valence-corrected chi connectivity index (χ2v) is 6.40. The standard InChI is InChI=1S/C16H27NO/c1-12(2)18-15-9-7-14(8-10-15)13(3)17-11-16(4,5)6/h7-10,12-13,17H,11H2,1-6H3. The van der Waals surface area contributed by atoms with Crippen molar-refractivity contribution in [1.82, 2.24) is 5.32 Å². The molecule has 18 heavy (non-hydrogen) atoms. The summed E-state index contributed by atoms with van der Waals surface area (Å²) in [5.41, 5.74) is 1.62. The van der Waals surface area contributed by atoms with Gasteiger partial charge in [0, 0.05) is 12.6 Å². The Morgan fingerprint density at radius 3 is 2.06 bits per heavy atom. The summed E-state index contributed by atoms with van der Waals surface area (Å²) in [6.07, 6.45) is 0.229. The van der Waals surface area contributed by atoms with Crippen LogP contribution in [-0.2, 0) is 0 Å². The second kappa shape index (κ2) is 6.24. The molecule has 0 saturated heterocycles. The molecule has 0 spiro atoms. The average molecular weight is 249 g/mol. The van der Waals surface area contributed by atoms with Crippen molar-refractivity contribution in [3.05, 3.63) is 29.8 Å². The summed E-state index contributed by atoms with van der Waals surface area (Å²) in [6.45, 7) is 14.0. The normalized spacial score (nSPS) is 13.7. The van der Waals surface area contributed by atoms with Gasteiger partial charge in [0.05, 0.1) is 6.10 Å². The number of hydrogen-bond donors (Lipinski definition) is 1. The van der Waals surface area contributed by atoms with Crippen molar-refractivity contribution >= 4 is 0 Å². The zero-order chi connectivity index (χ0) is 13.8. The van der Waals surface area contributed by atoms with Gasteiger partial charge in [-0.3, -0.25) is 0 Å². The summed E-state index contributed by atoms with van der Waals surface area (Å²) in [7, 11) is 0. The summed E-state index contributed by atoms with van der Waals surface area (Å²) in [6, 6.07) is 8.74. The molecule has 1 aromatic carbocycles. The topological polar surface area (TPSA) is 21.3 Å². The Kier molecular flexibility index (Phi) is 5.21. The van der Waals surface area contributed by atoms with Crippen LogP contribution in [-0.4, -0.2) is 12.6 Å². The van der Waals surface area contributed by atoms with Crippen LogP contribution in [0, 0.1) is 5.41 Å². The van der Waals surface area contributed by atoms with Crippen LogP contribution in [0.2, 0.25) is 0 Å².